The molecule has 0 unspecified atom stereocenters. The zero-order valence-electron chi connectivity index (χ0n) is 11.2. The Hall–Kier alpha value is -1.76. The van der Waals surface area contributed by atoms with Gasteiger partial charge < -0.3 is 4.90 Å². The van der Waals surface area contributed by atoms with Crippen molar-refractivity contribution in [1.29, 1.82) is 0 Å². The fourth-order valence-corrected chi connectivity index (χ4v) is 2.83. The zero-order valence-corrected chi connectivity index (χ0v) is 12.1. The Labute approximate surface area is 114 Å². The van der Waals surface area contributed by atoms with Crippen molar-refractivity contribution in [2.24, 2.45) is 0 Å². The van der Waals surface area contributed by atoms with Crippen LogP contribution in [0.1, 0.15) is 34.2 Å². The SMILES string of the molecule is Cc1nc(C)c(C(=O)N2CC(=O)NC(=O)C2(C)C)s1. The quantitative estimate of drug-likeness (QED) is 0.766. The third-order valence-corrected chi connectivity index (χ3v) is 4.19. The van der Waals surface area contributed by atoms with Crippen LogP contribution in [0, 0.1) is 13.8 Å². The average molecular weight is 281 g/mol. The Bertz CT molecular complexity index is 577. The van der Waals surface area contributed by atoms with Crippen LogP contribution in [-0.2, 0) is 9.59 Å². The largest absolute Gasteiger partial charge is 0.314 e. The number of nitrogens with zero attached hydrogens (tertiary/aromatic N) is 2. The molecule has 0 radical (unpaired) electrons. The predicted molar refractivity (Wildman–Crippen MR) is 69.9 cm³/mol. The lowest BCUT2D eigenvalue weighted by Gasteiger charge is -2.39. The Kier molecular flexibility index (Phi) is 3.17. The van der Waals surface area contributed by atoms with E-state index in [1.54, 1.807) is 20.8 Å². The number of rotatable bonds is 1. The van der Waals surface area contributed by atoms with Gasteiger partial charge in [0.05, 0.1) is 10.7 Å². The van der Waals surface area contributed by atoms with Crippen LogP contribution in [0.5, 0.6) is 0 Å². The molecule has 0 spiro atoms. The van der Waals surface area contributed by atoms with Gasteiger partial charge in [-0.1, -0.05) is 0 Å². The Morgan fingerprint density at radius 3 is 2.53 bits per heavy atom. The van der Waals surface area contributed by atoms with Gasteiger partial charge in [-0.3, -0.25) is 19.7 Å². The molecule has 2 rings (SSSR count). The number of aromatic nitrogens is 1. The van der Waals surface area contributed by atoms with Crippen molar-refractivity contribution in [2.75, 3.05) is 6.54 Å². The van der Waals surface area contributed by atoms with E-state index in [1.807, 2.05) is 6.92 Å². The standard InChI is InChI=1S/C12H15N3O3S/c1-6-9(19-7(2)13-6)10(17)15-5-8(16)14-11(18)12(15,3)4/h5H2,1-4H3,(H,14,16,18). The van der Waals surface area contributed by atoms with Crippen LogP contribution in [0.15, 0.2) is 0 Å². The molecule has 1 aromatic heterocycles. The summed E-state index contributed by atoms with van der Waals surface area (Å²) < 4.78 is 0. The summed E-state index contributed by atoms with van der Waals surface area (Å²) in [5, 5.41) is 3.03. The van der Waals surface area contributed by atoms with Crippen molar-refractivity contribution in [3.05, 3.63) is 15.6 Å². The monoisotopic (exact) mass is 281 g/mol. The lowest BCUT2D eigenvalue weighted by molar-refractivity contribution is -0.143. The zero-order chi connectivity index (χ0) is 14.4. The van der Waals surface area contributed by atoms with Crippen molar-refractivity contribution in [3.63, 3.8) is 0 Å². The second-order valence-corrected chi connectivity index (χ2v) is 6.18. The number of carbonyl (C=O) groups is 3. The highest BCUT2D eigenvalue weighted by Crippen LogP contribution is 2.25. The number of carbonyl (C=O) groups excluding carboxylic acids is 3. The maximum absolute atomic E-state index is 12.5. The molecule has 102 valence electrons. The predicted octanol–water partition coefficient (Wildman–Crippen LogP) is 0.637. The van der Waals surface area contributed by atoms with E-state index >= 15 is 0 Å². The van der Waals surface area contributed by atoms with E-state index in [1.165, 1.54) is 16.2 Å². The third kappa shape index (κ3) is 2.25. The van der Waals surface area contributed by atoms with Crippen LogP contribution in [-0.4, -0.2) is 39.7 Å². The molecular weight excluding hydrogens is 266 g/mol. The van der Waals surface area contributed by atoms with Gasteiger partial charge in [0.2, 0.25) is 5.91 Å². The minimum absolute atomic E-state index is 0.117. The maximum Gasteiger partial charge on any atom is 0.267 e. The summed E-state index contributed by atoms with van der Waals surface area (Å²) in [6, 6.07) is 0. The second-order valence-electron chi connectivity index (χ2n) is 4.98. The summed E-state index contributed by atoms with van der Waals surface area (Å²) in [5.74, 6) is -1.25. The number of imide groups is 1. The van der Waals surface area contributed by atoms with Crippen LogP contribution < -0.4 is 5.32 Å². The first-order valence-electron chi connectivity index (χ1n) is 5.83. The lowest BCUT2D eigenvalue weighted by atomic mass is 9.98. The van der Waals surface area contributed by atoms with Crippen molar-refractivity contribution < 1.29 is 14.4 Å². The summed E-state index contributed by atoms with van der Waals surface area (Å²) in [6.07, 6.45) is 0. The van der Waals surface area contributed by atoms with Crippen LogP contribution in [0.25, 0.3) is 0 Å². The number of thiazole rings is 1. The third-order valence-electron chi connectivity index (χ3n) is 3.13. The van der Waals surface area contributed by atoms with Gasteiger partial charge in [-0.15, -0.1) is 11.3 Å². The normalized spacial score (nSPS) is 18.4. The van der Waals surface area contributed by atoms with E-state index in [0.29, 0.717) is 10.6 Å². The first-order valence-corrected chi connectivity index (χ1v) is 6.65. The molecule has 0 saturated carbocycles. The maximum atomic E-state index is 12.5. The van der Waals surface area contributed by atoms with Gasteiger partial charge >= 0.3 is 0 Å². The molecule has 19 heavy (non-hydrogen) atoms. The molecular formula is C12H15N3O3S. The van der Waals surface area contributed by atoms with Gasteiger partial charge in [-0.2, -0.15) is 0 Å². The highest BCUT2D eigenvalue weighted by atomic mass is 32.1. The lowest BCUT2D eigenvalue weighted by Crippen LogP contribution is -2.65. The fraction of sp³-hybridized carbons (Fsp3) is 0.500. The number of amides is 3. The van der Waals surface area contributed by atoms with E-state index in [0.717, 1.165) is 5.01 Å². The van der Waals surface area contributed by atoms with Crippen LogP contribution in [0.4, 0.5) is 0 Å². The van der Waals surface area contributed by atoms with Gasteiger partial charge in [0, 0.05) is 0 Å². The van der Waals surface area contributed by atoms with Gasteiger partial charge in [0.15, 0.2) is 0 Å². The van der Waals surface area contributed by atoms with Crippen molar-refractivity contribution in [1.82, 2.24) is 15.2 Å². The van der Waals surface area contributed by atoms with Crippen LogP contribution >= 0.6 is 11.3 Å². The number of nitrogens with one attached hydrogen (secondary N) is 1. The molecule has 1 aromatic rings. The van der Waals surface area contributed by atoms with Gasteiger partial charge in [-0.05, 0) is 27.7 Å². The molecule has 0 aliphatic carbocycles. The fourth-order valence-electron chi connectivity index (χ4n) is 1.96. The summed E-state index contributed by atoms with van der Waals surface area (Å²) in [5.41, 5.74) is -0.420. The smallest absolute Gasteiger partial charge is 0.267 e. The Morgan fingerprint density at radius 1 is 1.37 bits per heavy atom. The molecule has 3 amide bonds. The first-order chi connectivity index (χ1) is 8.73. The Balaban J connectivity index is 2.39. The second kappa shape index (κ2) is 4.41. The molecule has 0 bridgehead atoms. The molecule has 1 saturated heterocycles. The number of hydrogen-bond donors (Lipinski definition) is 1. The van der Waals surface area contributed by atoms with E-state index in [9.17, 15) is 14.4 Å². The van der Waals surface area contributed by atoms with Crippen LogP contribution in [0.3, 0.4) is 0 Å². The number of aryl methyl sites for hydroxylation is 2. The minimum Gasteiger partial charge on any atom is -0.314 e. The van der Waals surface area contributed by atoms with E-state index in [2.05, 4.69) is 10.3 Å². The van der Waals surface area contributed by atoms with Gasteiger partial charge in [0.1, 0.15) is 17.0 Å². The first kappa shape index (κ1) is 13.7. The molecule has 1 aliphatic rings. The molecule has 7 heteroatoms. The molecule has 2 heterocycles. The number of hydrogen-bond acceptors (Lipinski definition) is 5. The van der Waals surface area contributed by atoms with E-state index < -0.39 is 17.4 Å². The molecule has 1 fully saturated rings. The highest BCUT2D eigenvalue weighted by Gasteiger charge is 2.44. The number of piperazine rings is 1. The Morgan fingerprint density at radius 2 is 2.00 bits per heavy atom. The molecule has 6 nitrogen and oxygen atoms in total. The molecule has 0 atom stereocenters. The van der Waals surface area contributed by atoms with Crippen LogP contribution in [0.2, 0.25) is 0 Å². The van der Waals surface area contributed by atoms with Crippen molar-refractivity contribution in [3.8, 4) is 0 Å². The van der Waals surface area contributed by atoms with Crippen molar-refractivity contribution >= 4 is 29.1 Å². The highest BCUT2D eigenvalue weighted by molar-refractivity contribution is 7.13. The summed E-state index contributed by atoms with van der Waals surface area (Å²) in [7, 11) is 0. The average Bonchev–Trinajstić information content (AvgIpc) is 2.62. The van der Waals surface area contributed by atoms with Gasteiger partial charge in [-0.25, -0.2) is 4.98 Å². The minimum atomic E-state index is -1.05. The van der Waals surface area contributed by atoms with E-state index in [4.69, 9.17) is 0 Å². The molecule has 1 aliphatic heterocycles. The summed E-state index contributed by atoms with van der Waals surface area (Å²) in [6.45, 7) is 6.68. The van der Waals surface area contributed by atoms with Crippen molar-refractivity contribution in [2.45, 2.75) is 33.2 Å². The summed E-state index contributed by atoms with van der Waals surface area (Å²) in [4.78, 5) is 41.8. The topological polar surface area (TPSA) is 79.4 Å². The molecule has 0 aromatic carbocycles. The van der Waals surface area contributed by atoms with E-state index in [-0.39, 0.29) is 12.5 Å². The molecule has 1 N–H and O–H groups in total. The van der Waals surface area contributed by atoms with Gasteiger partial charge in [0.25, 0.3) is 11.8 Å². The summed E-state index contributed by atoms with van der Waals surface area (Å²) >= 11 is 1.27.